The average molecular weight is 1850 g/mol. The van der Waals surface area contributed by atoms with Gasteiger partial charge >= 0.3 is 0 Å². The summed E-state index contributed by atoms with van der Waals surface area (Å²) in [5, 5.41) is 9.76. The Balaban J connectivity index is 0.000000158. The van der Waals surface area contributed by atoms with Gasteiger partial charge in [-0.25, -0.2) is 0 Å². The summed E-state index contributed by atoms with van der Waals surface area (Å²) in [4.78, 5) is 14.0. The Hall–Kier alpha value is -19.4. The number of carbonyl (C=O) groups is 1. The van der Waals surface area contributed by atoms with E-state index in [1.165, 1.54) is 177 Å². The van der Waals surface area contributed by atoms with Gasteiger partial charge in [0.1, 0.15) is 0 Å². The van der Waals surface area contributed by atoms with Gasteiger partial charge in [0.2, 0.25) is 0 Å². The first kappa shape index (κ1) is 90.4. The van der Waals surface area contributed by atoms with Crippen molar-refractivity contribution in [1.29, 1.82) is 0 Å². The third kappa shape index (κ3) is 17.6. The lowest BCUT2D eigenvalue weighted by molar-refractivity contribution is -0.108. The molecule has 0 radical (unpaired) electrons. The maximum atomic E-state index is 14.0. The Morgan fingerprint density at radius 1 is 0.123 bits per heavy atom. The number of hydrogen-bond donors (Lipinski definition) is 0. The average Bonchev–Trinajstić information content (AvgIpc) is 1.17. The van der Waals surface area contributed by atoms with Crippen LogP contribution in [0.3, 0.4) is 0 Å². The maximum absolute atomic E-state index is 14.0. The standard InChI is InChI=1S/C86H58.C30H18.C29H20O/c1-9-29-59(30-10-1)75-57-77(83(65-37-17-5-18-38-65)85(67-41-21-7-22-42-67)81(75)63-33-13-3-14-34-63)61-49-53-69(54-50-61)79-71-45-25-27-47-73(71)80(74-48-28-26-46-72(74)79)70-55-51-62(52-56-70)78-58-76(60-31-11-2-12-32-60)82(64-35-15-4-16-36-64)86(68-43-23-8-24-44-68)84(78)66-39-19-6-20-40-66;1-3-21-13-17-23(18-14-21)29-25-9-5-7-11-27(25)30(28-12-8-6-10-26(28)29)24-19-15-22(4-2)16-20-24;30-29-27(23-17-9-3-10-18-23)25(21-13-5-1-6-14-21)26(22-15-7-2-8-16-22)28(29)24-19-11-4-12-20-24/h1-58H;1-2,5-20H;1-20H. The molecule has 682 valence electrons. The molecular formula is C145H96O. The van der Waals surface area contributed by atoms with Gasteiger partial charge in [-0.1, -0.05) is 546 Å². The van der Waals surface area contributed by atoms with Crippen LogP contribution in [-0.4, -0.2) is 5.78 Å². The summed E-state index contributed by atoms with van der Waals surface area (Å²) < 4.78 is 0. The fourth-order valence-corrected chi connectivity index (χ4v) is 21.7. The molecule has 1 aliphatic carbocycles. The monoisotopic (exact) mass is 1850 g/mol. The molecule has 0 heterocycles. The van der Waals surface area contributed by atoms with Gasteiger partial charge < -0.3 is 0 Å². The van der Waals surface area contributed by atoms with E-state index in [0.29, 0.717) is 0 Å². The van der Waals surface area contributed by atoms with Crippen molar-refractivity contribution >= 4 is 71.2 Å². The largest absolute Gasteiger partial charge is 0.289 e. The van der Waals surface area contributed by atoms with Crippen LogP contribution in [0.2, 0.25) is 0 Å². The van der Waals surface area contributed by atoms with E-state index >= 15 is 0 Å². The molecular weight excluding hydrogens is 1760 g/mol. The number of allylic oxidation sites excluding steroid dienone is 4. The summed E-state index contributed by atoms with van der Waals surface area (Å²) >= 11 is 0. The van der Waals surface area contributed by atoms with Gasteiger partial charge in [0.05, 0.1) is 0 Å². The first-order valence-corrected chi connectivity index (χ1v) is 49.7. The van der Waals surface area contributed by atoms with Gasteiger partial charge in [0.25, 0.3) is 0 Å². The highest BCUT2D eigenvalue weighted by atomic mass is 16.1. The van der Waals surface area contributed by atoms with Crippen LogP contribution in [0, 0.1) is 24.7 Å². The van der Waals surface area contributed by atoms with E-state index < -0.39 is 0 Å². The van der Waals surface area contributed by atoms with Crippen LogP contribution in [-0.2, 0) is 4.79 Å². The van der Waals surface area contributed by atoms with Gasteiger partial charge in [0, 0.05) is 33.4 Å². The Morgan fingerprint density at radius 2 is 0.260 bits per heavy atom. The number of ketones is 1. The predicted molar refractivity (Wildman–Crippen MR) is 619 cm³/mol. The van der Waals surface area contributed by atoms with E-state index in [1.54, 1.807) is 0 Å². The third-order valence-electron chi connectivity index (χ3n) is 28.2. The summed E-state index contributed by atoms with van der Waals surface area (Å²) in [6.07, 6.45) is 11.1. The lowest BCUT2D eigenvalue weighted by Crippen LogP contribution is -2.01. The van der Waals surface area contributed by atoms with Crippen molar-refractivity contribution in [2.45, 2.75) is 0 Å². The molecule has 1 heteroatoms. The minimum atomic E-state index is 0.0742. The molecule has 146 heavy (non-hydrogen) atoms. The maximum Gasteiger partial charge on any atom is 0.195 e. The second kappa shape index (κ2) is 41.2. The molecule has 0 amide bonds. The van der Waals surface area contributed by atoms with Crippen molar-refractivity contribution < 1.29 is 4.79 Å². The SMILES string of the molecule is C#Cc1ccc(-c2c3ccccc3c(-c3ccc(C#C)cc3)c3ccccc23)cc1.O=C1C(c2ccccc2)=C(c2ccccc2)C(c2ccccc2)=C1c1ccccc1.c1ccc(-c2cc(-c3ccc(-c4c5ccccc5c(-c5ccc(-c6cc(-c7ccccc7)c(-c7ccccc7)c(-c7ccccc7)c6-c6ccccc6)cc5)c5ccccc45)cc3)c(-c3ccccc3)c(-c3ccccc3)c2-c2ccccc2)cc1. The van der Waals surface area contributed by atoms with Crippen LogP contribution in [0.15, 0.2) is 570 Å². The van der Waals surface area contributed by atoms with Crippen LogP contribution in [0.4, 0.5) is 0 Å². The van der Waals surface area contributed by atoms with Gasteiger partial charge in [0.15, 0.2) is 5.78 Å². The zero-order chi connectivity index (χ0) is 98.0. The highest BCUT2D eigenvalue weighted by molar-refractivity contribution is 6.59. The van der Waals surface area contributed by atoms with Crippen molar-refractivity contribution in [3.05, 3.63) is 604 Å². The highest BCUT2D eigenvalue weighted by Gasteiger charge is 2.36. The van der Waals surface area contributed by atoms with Crippen LogP contribution in [0.1, 0.15) is 33.4 Å². The van der Waals surface area contributed by atoms with Gasteiger partial charge in [-0.3, -0.25) is 4.79 Å². The van der Waals surface area contributed by atoms with E-state index in [9.17, 15) is 4.79 Å². The Bertz CT molecular complexity index is 8430. The fraction of sp³-hybridized carbons (Fsp3) is 0. The Kier molecular flexibility index (Phi) is 25.5. The lowest BCUT2D eigenvalue weighted by Gasteiger charge is -2.25. The number of carbonyl (C=O) groups excluding carboxylic acids is 1. The molecule has 24 aromatic rings. The van der Waals surface area contributed by atoms with Crippen molar-refractivity contribution in [2.75, 3.05) is 0 Å². The first-order valence-electron chi connectivity index (χ1n) is 49.7. The van der Waals surface area contributed by atoms with Gasteiger partial charge in [-0.2, -0.15) is 0 Å². The smallest absolute Gasteiger partial charge is 0.195 e. The second-order valence-corrected chi connectivity index (χ2v) is 36.7. The second-order valence-electron chi connectivity index (χ2n) is 36.7. The first-order chi connectivity index (χ1) is 72.4. The molecule has 0 bridgehead atoms. The van der Waals surface area contributed by atoms with E-state index in [-0.39, 0.29) is 5.78 Å². The minimum absolute atomic E-state index is 0.0742. The number of rotatable bonds is 18. The molecule has 0 fully saturated rings. The van der Waals surface area contributed by atoms with Gasteiger partial charge in [-0.05, 0) is 258 Å². The molecule has 0 saturated heterocycles. The summed E-state index contributed by atoms with van der Waals surface area (Å²) in [6, 6.07) is 203. The molecule has 0 N–H and O–H groups in total. The van der Waals surface area contributed by atoms with Crippen LogP contribution < -0.4 is 0 Å². The highest BCUT2D eigenvalue weighted by Crippen LogP contribution is 2.56. The van der Waals surface area contributed by atoms with E-state index in [2.05, 4.69) is 461 Å². The molecule has 0 spiro atoms. The number of fused-ring (bicyclic) bond motifs is 4. The van der Waals surface area contributed by atoms with Crippen LogP contribution in [0.25, 0.3) is 221 Å². The molecule has 1 aliphatic rings. The van der Waals surface area contributed by atoms with Crippen molar-refractivity contribution in [1.82, 2.24) is 0 Å². The number of terminal acetylenes is 2. The number of hydrogen-bond acceptors (Lipinski definition) is 1. The molecule has 0 atom stereocenters. The summed E-state index contributed by atoms with van der Waals surface area (Å²) in [5.41, 5.74) is 42.7. The zero-order valence-electron chi connectivity index (χ0n) is 80.3. The van der Waals surface area contributed by atoms with Crippen molar-refractivity contribution in [3.63, 3.8) is 0 Å². The third-order valence-corrected chi connectivity index (χ3v) is 28.2. The van der Waals surface area contributed by atoms with Crippen molar-refractivity contribution in [2.24, 2.45) is 0 Å². The van der Waals surface area contributed by atoms with E-state index in [4.69, 9.17) is 12.8 Å². The summed E-state index contributed by atoms with van der Waals surface area (Å²) in [5.74, 6) is 5.49. The normalized spacial score (nSPS) is 11.6. The fourth-order valence-electron chi connectivity index (χ4n) is 21.7. The molecule has 1 nitrogen and oxygen atoms in total. The zero-order valence-corrected chi connectivity index (χ0v) is 80.3. The summed E-state index contributed by atoms with van der Waals surface area (Å²) in [7, 11) is 0. The molecule has 0 aromatic heterocycles. The molecule has 24 aromatic carbocycles. The van der Waals surface area contributed by atoms with Gasteiger partial charge in [-0.15, -0.1) is 12.8 Å². The quantitative estimate of drug-likeness (QED) is 0.0618. The molecule has 0 aliphatic heterocycles. The predicted octanol–water partition coefficient (Wildman–Crippen LogP) is 38.1. The Morgan fingerprint density at radius 3 is 0.452 bits per heavy atom. The summed E-state index contributed by atoms with van der Waals surface area (Å²) in [6.45, 7) is 0. The number of Topliss-reactive ketones (excluding diaryl/α,β-unsaturated/α-hetero) is 1. The van der Waals surface area contributed by atoms with Crippen LogP contribution in [0.5, 0.6) is 0 Å². The molecule has 0 unspecified atom stereocenters. The van der Waals surface area contributed by atoms with Crippen molar-refractivity contribution in [3.8, 4) is 180 Å². The number of benzene rings is 24. The topological polar surface area (TPSA) is 17.1 Å². The lowest BCUT2D eigenvalue weighted by atomic mass is 9.78. The van der Waals surface area contributed by atoms with E-state index in [1.807, 2.05) is 121 Å². The molecule has 25 rings (SSSR count). The minimum Gasteiger partial charge on any atom is -0.289 e. The molecule has 0 saturated carbocycles. The van der Waals surface area contributed by atoms with E-state index in [0.717, 1.165) is 77.9 Å². The Labute approximate surface area is 853 Å². The van der Waals surface area contributed by atoms with Crippen LogP contribution >= 0.6 is 0 Å².